The van der Waals surface area contributed by atoms with Crippen molar-refractivity contribution < 1.29 is 14.3 Å². The number of benzene rings is 1. The lowest BCUT2D eigenvalue weighted by atomic mass is 10.2. The van der Waals surface area contributed by atoms with Crippen LogP contribution in [0.1, 0.15) is 25.8 Å². The van der Waals surface area contributed by atoms with Crippen LogP contribution >= 0.6 is 11.8 Å². The molecular formula is C16H18N4O3S. The molecular weight excluding hydrogens is 328 g/mol. The Labute approximate surface area is 143 Å². The summed E-state index contributed by atoms with van der Waals surface area (Å²) in [5.74, 6) is 1.29. The van der Waals surface area contributed by atoms with Crippen molar-refractivity contribution in [2.45, 2.75) is 36.2 Å². The van der Waals surface area contributed by atoms with E-state index in [2.05, 4.69) is 20.1 Å². The molecule has 1 saturated carbocycles. The van der Waals surface area contributed by atoms with Gasteiger partial charge in [-0.15, -0.1) is 10.2 Å². The van der Waals surface area contributed by atoms with Crippen LogP contribution in [0.3, 0.4) is 0 Å². The molecule has 0 unspecified atom stereocenters. The highest BCUT2D eigenvalue weighted by Gasteiger charge is 2.28. The van der Waals surface area contributed by atoms with Crippen molar-refractivity contribution in [3.05, 3.63) is 24.5 Å². The maximum absolute atomic E-state index is 12.4. The van der Waals surface area contributed by atoms with Gasteiger partial charge in [0.15, 0.2) is 16.7 Å². The van der Waals surface area contributed by atoms with Crippen LogP contribution in [0.4, 0.5) is 5.69 Å². The second-order valence-corrected chi connectivity index (χ2v) is 7.17. The Morgan fingerprint density at radius 2 is 2.12 bits per heavy atom. The van der Waals surface area contributed by atoms with E-state index in [4.69, 9.17) is 9.47 Å². The normalized spacial score (nSPS) is 17.4. The second-order valence-electron chi connectivity index (χ2n) is 5.86. The molecule has 1 aromatic heterocycles. The summed E-state index contributed by atoms with van der Waals surface area (Å²) in [6, 6.07) is 5.91. The van der Waals surface area contributed by atoms with E-state index in [0.717, 1.165) is 18.0 Å². The number of nitrogens with zero attached hydrogens (tertiary/aromatic N) is 3. The largest absolute Gasteiger partial charge is 0.486 e. The molecule has 1 N–H and O–H groups in total. The van der Waals surface area contributed by atoms with Gasteiger partial charge in [-0.25, -0.2) is 0 Å². The molecule has 0 radical (unpaired) electrons. The number of amides is 1. The lowest BCUT2D eigenvalue weighted by Gasteiger charge is -2.19. The zero-order chi connectivity index (χ0) is 16.5. The zero-order valence-corrected chi connectivity index (χ0v) is 14.1. The van der Waals surface area contributed by atoms with Gasteiger partial charge < -0.3 is 19.4 Å². The highest BCUT2D eigenvalue weighted by molar-refractivity contribution is 8.00. The molecule has 0 saturated heterocycles. The number of hydrogen-bond donors (Lipinski definition) is 1. The molecule has 1 aliphatic carbocycles. The van der Waals surface area contributed by atoms with E-state index in [9.17, 15) is 4.79 Å². The smallest absolute Gasteiger partial charge is 0.237 e. The molecule has 0 bridgehead atoms. The number of fused-ring (bicyclic) bond motifs is 1. The minimum absolute atomic E-state index is 0.0815. The summed E-state index contributed by atoms with van der Waals surface area (Å²) < 4.78 is 13.1. The predicted molar refractivity (Wildman–Crippen MR) is 89.7 cm³/mol. The summed E-state index contributed by atoms with van der Waals surface area (Å²) in [7, 11) is 0. The molecule has 7 nitrogen and oxygen atoms in total. The van der Waals surface area contributed by atoms with Gasteiger partial charge >= 0.3 is 0 Å². The van der Waals surface area contributed by atoms with Gasteiger partial charge in [0.25, 0.3) is 0 Å². The number of ether oxygens (including phenoxy) is 2. The quantitative estimate of drug-likeness (QED) is 0.838. The molecule has 24 heavy (non-hydrogen) atoms. The van der Waals surface area contributed by atoms with Crippen molar-refractivity contribution in [3.8, 4) is 11.5 Å². The van der Waals surface area contributed by atoms with Crippen LogP contribution in [0.5, 0.6) is 11.5 Å². The first kappa shape index (κ1) is 15.3. The summed E-state index contributed by atoms with van der Waals surface area (Å²) in [6.07, 6.45) is 4.05. The minimum atomic E-state index is -0.278. The van der Waals surface area contributed by atoms with Gasteiger partial charge in [0.1, 0.15) is 19.5 Å². The number of aromatic nitrogens is 3. The number of carbonyl (C=O) groups is 1. The van der Waals surface area contributed by atoms with E-state index < -0.39 is 0 Å². The molecule has 1 fully saturated rings. The zero-order valence-electron chi connectivity index (χ0n) is 13.3. The minimum Gasteiger partial charge on any atom is -0.486 e. The van der Waals surface area contributed by atoms with Gasteiger partial charge in [0.2, 0.25) is 5.91 Å². The van der Waals surface area contributed by atoms with E-state index in [-0.39, 0.29) is 11.2 Å². The Bertz CT molecular complexity index is 760. The number of carbonyl (C=O) groups excluding carboxylic acids is 1. The number of anilines is 1. The Hall–Kier alpha value is -2.22. The van der Waals surface area contributed by atoms with E-state index in [1.54, 1.807) is 12.4 Å². The molecule has 8 heteroatoms. The van der Waals surface area contributed by atoms with E-state index in [1.165, 1.54) is 11.8 Å². The molecule has 0 spiro atoms. The van der Waals surface area contributed by atoms with Crippen LogP contribution in [-0.2, 0) is 4.79 Å². The molecule has 1 atom stereocenters. The molecule has 1 aliphatic heterocycles. The molecule has 126 valence electrons. The van der Waals surface area contributed by atoms with Crippen molar-refractivity contribution in [3.63, 3.8) is 0 Å². The van der Waals surface area contributed by atoms with Crippen molar-refractivity contribution in [1.29, 1.82) is 0 Å². The third-order valence-corrected chi connectivity index (χ3v) is 5.01. The summed E-state index contributed by atoms with van der Waals surface area (Å²) in [4.78, 5) is 12.4. The standard InChI is InChI=1S/C16H18N4O3S/c1-10(24-16-19-17-9-20(16)12-3-4-12)15(21)18-11-2-5-13-14(8-11)23-7-6-22-13/h2,5,8-10,12H,3-4,6-7H2,1H3,(H,18,21)/t10-/m0/s1. The lowest BCUT2D eigenvalue weighted by molar-refractivity contribution is -0.115. The maximum atomic E-state index is 12.4. The van der Waals surface area contributed by atoms with Crippen molar-refractivity contribution in [2.24, 2.45) is 0 Å². The summed E-state index contributed by atoms with van der Waals surface area (Å²) in [6.45, 7) is 2.94. The average molecular weight is 346 g/mol. The van der Waals surface area contributed by atoms with E-state index in [1.807, 2.05) is 19.1 Å². The van der Waals surface area contributed by atoms with Gasteiger partial charge in [-0.2, -0.15) is 0 Å². The Morgan fingerprint density at radius 1 is 1.33 bits per heavy atom. The summed E-state index contributed by atoms with van der Waals surface area (Å²) >= 11 is 1.42. The van der Waals surface area contributed by atoms with Gasteiger partial charge in [0.05, 0.1) is 5.25 Å². The van der Waals surface area contributed by atoms with Crippen LogP contribution in [0, 0.1) is 0 Å². The fourth-order valence-corrected chi connectivity index (χ4v) is 3.39. The van der Waals surface area contributed by atoms with E-state index >= 15 is 0 Å². The first-order valence-corrected chi connectivity index (χ1v) is 8.85. The molecule has 1 aromatic carbocycles. The van der Waals surface area contributed by atoms with E-state index in [0.29, 0.717) is 36.4 Å². The van der Waals surface area contributed by atoms with Crippen molar-refractivity contribution >= 4 is 23.4 Å². The monoisotopic (exact) mass is 346 g/mol. The predicted octanol–water partition coefficient (Wildman–Crippen LogP) is 2.50. The Balaban J connectivity index is 1.41. The fourth-order valence-electron chi connectivity index (χ4n) is 2.50. The Morgan fingerprint density at radius 3 is 2.92 bits per heavy atom. The number of nitrogens with one attached hydrogen (secondary N) is 1. The second kappa shape index (κ2) is 6.35. The topological polar surface area (TPSA) is 78.3 Å². The third-order valence-electron chi connectivity index (χ3n) is 3.94. The molecule has 2 heterocycles. The lowest BCUT2D eigenvalue weighted by Crippen LogP contribution is -2.23. The molecule has 4 rings (SSSR count). The third kappa shape index (κ3) is 3.19. The fraction of sp³-hybridized carbons (Fsp3) is 0.438. The summed E-state index contributed by atoms with van der Waals surface area (Å²) in [5, 5.41) is 11.5. The number of thioether (sulfide) groups is 1. The summed E-state index contributed by atoms with van der Waals surface area (Å²) in [5.41, 5.74) is 0.695. The SMILES string of the molecule is C[C@H](Sc1nncn1C1CC1)C(=O)Nc1ccc2c(c1)OCCO2. The Kier molecular flexibility index (Phi) is 4.05. The van der Waals surface area contributed by atoms with Crippen LogP contribution in [-0.4, -0.2) is 39.1 Å². The highest BCUT2D eigenvalue weighted by Crippen LogP contribution is 2.38. The van der Waals surface area contributed by atoms with Crippen LogP contribution in [0.15, 0.2) is 29.7 Å². The van der Waals surface area contributed by atoms with Crippen molar-refractivity contribution in [1.82, 2.24) is 14.8 Å². The number of hydrogen-bond acceptors (Lipinski definition) is 6. The molecule has 1 amide bonds. The van der Waals surface area contributed by atoms with Crippen molar-refractivity contribution in [2.75, 3.05) is 18.5 Å². The van der Waals surface area contributed by atoms with Gasteiger partial charge in [-0.1, -0.05) is 11.8 Å². The first-order chi connectivity index (χ1) is 11.7. The van der Waals surface area contributed by atoms with Crippen LogP contribution < -0.4 is 14.8 Å². The number of rotatable bonds is 5. The molecule has 2 aliphatic rings. The van der Waals surface area contributed by atoms with Gasteiger partial charge in [-0.3, -0.25) is 4.79 Å². The maximum Gasteiger partial charge on any atom is 0.237 e. The van der Waals surface area contributed by atoms with Gasteiger partial charge in [0, 0.05) is 17.8 Å². The van der Waals surface area contributed by atoms with Gasteiger partial charge in [-0.05, 0) is 31.9 Å². The molecule has 2 aromatic rings. The highest BCUT2D eigenvalue weighted by atomic mass is 32.2. The average Bonchev–Trinajstić information content (AvgIpc) is 3.34. The first-order valence-electron chi connectivity index (χ1n) is 7.97. The van der Waals surface area contributed by atoms with Crippen LogP contribution in [0.25, 0.3) is 0 Å². The van der Waals surface area contributed by atoms with Crippen LogP contribution in [0.2, 0.25) is 0 Å².